The number of hydrogen-bond donors (Lipinski definition) is 1. The molecule has 1 N–H and O–H groups in total. The Bertz CT molecular complexity index is 721. The van der Waals surface area contributed by atoms with Crippen LogP contribution < -0.4 is 5.32 Å². The number of hydrogen-bond acceptors (Lipinski definition) is 2. The zero-order chi connectivity index (χ0) is 19.1. The molecule has 0 spiro atoms. The first-order chi connectivity index (χ1) is 13.2. The number of nitrogens with zero attached hydrogens (tertiary/aromatic N) is 4. The first-order valence-electron chi connectivity index (χ1n) is 10.2. The number of rotatable bonds is 6. The Morgan fingerprint density at radius 3 is 2.74 bits per heavy atom. The zero-order valence-electron chi connectivity index (χ0n) is 16.9. The number of likely N-dealkylation sites (tertiary alicyclic amines) is 1. The van der Waals surface area contributed by atoms with E-state index in [9.17, 15) is 0 Å². The molecule has 1 aromatic heterocycles. The van der Waals surface area contributed by atoms with Gasteiger partial charge in [-0.05, 0) is 43.6 Å². The molecule has 1 aliphatic heterocycles. The molecular formula is C22H33N5. The van der Waals surface area contributed by atoms with Crippen molar-refractivity contribution in [3.63, 3.8) is 0 Å². The van der Waals surface area contributed by atoms with Gasteiger partial charge in [-0.25, -0.2) is 4.98 Å². The number of benzene rings is 1. The van der Waals surface area contributed by atoms with Gasteiger partial charge in [0.25, 0.3) is 0 Å². The van der Waals surface area contributed by atoms with Crippen LogP contribution in [0.2, 0.25) is 0 Å². The summed E-state index contributed by atoms with van der Waals surface area (Å²) in [5.74, 6) is 3.42. The van der Waals surface area contributed by atoms with E-state index < -0.39 is 0 Å². The van der Waals surface area contributed by atoms with Crippen molar-refractivity contribution in [3.05, 3.63) is 54.1 Å². The second-order valence-electron chi connectivity index (χ2n) is 7.58. The molecule has 2 heterocycles. The molecule has 0 aliphatic carbocycles. The van der Waals surface area contributed by atoms with Crippen LogP contribution in [0.15, 0.2) is 47.7 Å². The number of imidazole rings is 1. The fourth-order valence-corrected chi connectivity index (χ4v) is 4.11. The summed E-state index contributed by atoms with van der Waals surface area (Å²) in [4.78, 5) is 11.2. The smallest absolute Gasteiger partial charge is 0.193 e. The van der Waals surface area contributed by atoms with Crippen LogP contribution in [-0.4, -0.2) is 47.1 Å². The van der Waals surface area contributed by atoms with Crippen molar-refractivity contribution in [1.29, 1.82) is 0 Å². The molecule has 0 bridgehead atoms. The number of piperidine rings is 1. The van der Waals surface area contributed by atoms with Crippen LogP contribution >= 0.6 is 0 Å². The normalized spacial score (nSPS) is 20.7. The van der Waals surface area contributed by atoms with Gasteiger partial charge < -0.3 is 14.8 Å². The highest BCUT2D eigenvalue weighted by molar-refractivity contribution is 5.80. The quantitative estimate of drug-likeness (QED) is 0.481. The van der Waals surface area contributed by atoms with Crippen LogP contribution in [0.3, 0.4) is 0 Å². The molecule has 2 aromatic rings. The summed E-state index contributed by atoms with van der Waals surface area (Å²) in [7, 11) is 1.89. The molecule has 3 rings (SSSR count). The third-order valence-corrected chi connectivity index (χ3v) is 5.68. The zero-order valence-corrected chi connectivity index (χ0v) is 16.9. The number of nitrogens with one attached hydrogen (secondary N) is 1. The minimum absolute atomic E-state index is 0.629. The van der Waals surface area contributed by atoms with Gasteiger partial charge in [-0.2, -0.15) is 0 Å². The number of aromatic nitrogens is 2. The lowest BCUT2D eigenvalue weighted by Crippen LogP contribution is -2.48. The Morgan fingerprint density at radius 1 is 1.26 bits per heavy atom. The van der Waals surface area contributed by atoms with Crippen molar-refractivity contribution >= 4 is 5.96 Å². The van der Waals surface area contributed by atoms with Crippen molar-refractivity contribution < 1.29 is 0 Å². The average molecular weight is 368 g/mol. The van der Waals surface area contributed by atoms with Gasteiger partial charge in [0.1, 0.15) is 5.82 Å². The van der Waals surface area contributed by atoms with Gasteiger partial charge in [-0.3, -0.25) is 4.99 Å². The number of aryl methyl sites for hydroxylation is 2. The van der Waals surface area contributed by atoms with Crippen LogP contribution in [0.25, 0.3) is 0 Å². The third-order valence-electron chi connectivity index (χ3n) is 5.68. The van der Waals surface area contributed by atoms with Crippen LogP contribution in [0.1, 0.15) is 43.5 Å². The number of guanidine groups is 1. The fraction of sp³-hybridized carbons (Fsp3) is 0.545. The second kappa shape index (κ2) is 9.58. The van der Waals surface area contributed by atoms with E-state index in [1.807, 2.05) is 13.2 Å². The summed E-state index contributed by atoms with van der Waals surface area (Å²) in [6, 6.07) is 10.9. The molecule has 1 aromatic carbocycles. The Hall–Kier alpha value is -2.30. The Balaban J connectivity index is 1.42. The van der Waals surface area contributed by atoms with Gasteiger partial charge in [0.15, 0.2) is 5.96 Å². The molecule has 5 nitrogen and oxygen atoms in total. The topological polar surface area (TPSA) is 45.5 Å². The van der Waals surface area contributed by atoms with Gasteiger partial charge in [-0.15, -0.1) is 0 Å². The Morgan fingerprint density at radius 2 is 2.07 bits per heavy atom. The number of aliphatic imine (C=N–C) groups is 1. The van der Waals surface area contributed by atoms with Gasteiger partial charge in [0.05, 0.1) is 0 Å². The first-order valence-corrected chi connectivity index (χ1v) is 10.2. The van der Waals surface area contributed by atoms with E-state index in [1.165, 1.54) is 12.0 Å². The summed E-state index contributed by atoms with van der Waals surface area (Å²) >= 11 is 0. The first kappa shape index (κ1) is 19.5. The van der Waals surface area contributed by atoms with Gasteiger partial charge >= 0.3 is 0 Å². The van der Waals surface area contributed by atoms with Crippen molar-refractivity contribution in [2.45, 2.75) is 45.6 Å². The maximum Gasteiger partial charge on any atom is 0.193 e. The van der Waals surface area contributed by atoms with Crippen LogP contribution in [0, 0.1) is 12.8 Å². The van der Waals surface area contributed by atoms with E-state index in [-0.39, 0.29) is 0 Å². The molecule has 5 heteroatoms. The van der Waals surface area contributed by atoms with Gasteiger partial charge in [0, 0.05) is 45.6 Å². The molecule has 1 aliphatic rings. The molecule has 2 unspecified atom stereocenters. The van der Waals surface area contributed by atoms with Gasteiger partial charge in [0.2, 0.25) is 0 Å². The Kier molecular flexibility index (Phi) is 6.91. The lowest BCUT2D eigenvalue weighted by molar-refractivity contribution is 0.234. The highest BCUT2D eigenvalue weighted by atomic mass is 15.3. The summed E-state index contributed by atoms with van der Waals surface area (Å²) in [5, 5.41) is 3.56. The van der Waals surface area contributed by atoms with E-state index in [4.69, 9.17) is 0 Å². The van der Waals surface area contributed by atoms with E-state index in [0.717, 1.165) is 50.8 Å². The summed E-state index contributed by atoms with van der Waals surface area (Å²) < 4.78 is 2.21. The molecule has 27 heavy (non-hydrogen) atoms. The number of unbranched alkanes of at least 4 members (excludes halogenated alkanes) is 1. The molecule has 1 fully saturated rings. The SMILES string of the molecule is CN=C(NCCCCn1ccnc1C)N1CCC(c2ccccc2)C(C)C1. The van der Waals surface area contributed by atoms with Crippen molar-refractivity contribution in [2.75, 3.05) is 26.7 Å². The highest BCUT2D eigenvalue weighted by Crippen LogP contribution is 2.32. The maximum absolute atomic E-state index is 4.52. The van der Waals surface area contributed by atoms with E-state index in [1.54, 1.807) is 0 Å². The third kappa shape index (κ3) is 5.12. The van der Waals surface area contributed by atoms with E-state index >= 15 is 0 Å². The van der Waals surface area contributed by atoms with Crippen molar-refractivity contribution in [1.82, 2.24) is 19.8 Å². The molecular weight excluding hydrogens is 334 g/mol. The Labute approximate surface area is 163 Å². The molecule has 146 valence electrons. The highest BCUT2D eigenvalue weighted by Gasteiger charge is 2.28. The predicted octanol–water partition coefficient (Wildman–Crippen LogP) is 3.67. The molecule has 2 atom stereocenters. The fourth-order valence-electron chi connectivity index (χ4n) is 4.11. The summed E-state index contributed by atoms with van der Waals surface area (Å²) in [6.45, 7) is 8.55. The second-order valence-corrected chi connectivity index (χ2v) is 7.58. The standard InChI is InChI=1S/C22H33N5/c1-18-17-27(15-11-21(18)20-9-5-4-6-10-20)22(23-3)25-12-7-8-14-26-16-13-24-19(26)2/h4-6,9-10,13,16,18,21H,7-8,11-12,14-15,17H2,1-3H3,(H,23,25). The molecule has 1 saturated heterocycles. The minimum Gasteiger partial charge on any atom is -0.356 e. The lowest BCUT2D eigenvalue weighted by atomic mass is 9.82. The predicted molar refractivity (Wildman–Crippen MR) is 112 cm³/mol. The summed E-state index contributed by atoms with van der Waals surface area (Å²) in [6.07, 6.45) is 7.39. The van der Waals surface area contributed by atoms with Gasteiger partial charge in [-0.1, -0.05) is 37.3 Å². The largest absolute Gasteiger partial charge is 0.356 e. The molecule has 0 radical (unpaired) electrons. The van der Waals surface area contributed by atoms with E-state index in [2.05, 4.69) is 75.1 Å². The van der Waals surface area contributed by atoms with Crippen molar-refractivity contribution in [3.8, 4) is 0 Å². The molecule has 0 saturated carbocycles. The lowest BCUT2D eigenvalue weighted by Gasteiger charge is -2.39. The monoisotopic (exact) mass is 367 g/mol. The van der Waals surface area contributed by atoms with E-state index in [0.29, 0.717) is 11.8 Å². The molecule has 0 amide bonds. The van der Waals surface area contributed by atoms with Crippen LogP contribution in [-0.2, 0) is 6.54 Å². The summed E-state index contributed by atoms with van der Waals surface area (Å²) in [5.41, 5.74) is 1.47. The van der Waals surface area contributed by atoms with Crippen LogP contribution in [0.4, 0.5) is 0 Å². The van der Waals surface area contributed by atoms with Crippen molar-refractivity contribution in [2.24, 2.45) is 10.9 Å². The minimum atomic E-state index is 0.629. The maximum atomic E-state index is 4.52. The average Bonchev–Trinajstić information content (AvgIpc) is 3.10. The van der Waals surface area contributed by atoms with Crippen LogP contribution in [0.5, 0.6) is 0 Å².